The van der Waals surface area contributed by atoms with Crippen LogP contribution in [-0.4, -0.2) is 28.6 Å². The Hall–Kier alpha value is -2.64. The molecule has 0 unspecified atom stereocenters. The molecule has 0 spiro atoms. The van der Waals surface area contributed by atoms with E-state index >= 15 is 0 Å². The minimum Gasteiger partial charge on any atom is -0.481 e. The lowest BCUT2D eigenvalue weighted by Gasteiger charge is -2.26. The number of para-hydroxylation sites is 1. The van der Waals surface area contributed by atoms with Crippen LogP contribution in [0.3, 0.4) is 0 Å². The van der Waals surface area contributed by atoms with Crippen molar-refractivity contribution in [3.63, 3.8) is 0 Å². The van der Waals surface area contributed by atoms with Gasteiger partial charge in [-0.25, -0.2) is 4.79 Å². The number of benzene rings is 1. The Bertz CT molecular complexity index is 571. The van der Waals surface area contributed by atoms with E-state index in [1.54, 1.807) is 32.0 Å². The Balaban J connectivity index is 2.69. The van der Waals surface area contributed by atoms with E-state index < -0.39 is 22.5 Å². The minimum absolute atomic E-state index is 0.0339. The number of nitrogens with one attached hydrogen (secondary N) is 2. The lowest BCUT2D eigenvalue weighted by molar-refractivity contribution is -0.386. The Labute approximate surface area is 127 Å². The van der Waals surface area contributed by atoms with Gasteiger partial charge in [0.15, 0.2) is 0 Å². The Morgan fingerprint density at radius 3 is 2.55 bits per heavy atom. The molecule has 3 N–H and O–H groups in total. The largest absolute Gasteiger partial charge is 0.481 e. The third kappa shape index (κ3) is 5.04. The van der Waals surface area contributed by atoms with Crippen molar-refractivity contribution in [1.82, 2.24) is 10.6 Å². The number of amides is 2. The third-order valence-corrected chi connectivity index (χ3v) is 3.05. The zero-order valence-corrected chi connectivity index (χ0v) is 12.5. The minimum atomic E-state index is -0.944. The standard InChI is InChI=1S/C14H19N3O5/c1-14(2,10-6-3-4-7-11(10)17(21)22)16-13(20)15-9-5-8-12(18)19/h3-4,6-7H,5,8-9H2,1-2H3,(H,18,19)(H2,15,16,20). The van der Waals surface area contributed by atoms with Crippen LogP contribution in [0.4, 0.5) is 10.5 Å². The predicted molar refractivity (Wildman–Crippen MR) is 79.5 cm³/mol. The molecular weight excluding hydrogens is 290 g/mol. The van der Waals surface area contributed by atoms with Gasteiger partial charge in [-0.1, -0.05) is 12.1 Å². The van der Waals surface area contributed by atoms with Gasteiger partial charge in [0, 0.05) is 19.0 Å². The lowest BCUT2D eigenvalue weighted by Crippen LogP contribution is -2.47. The Kier molecular flexibility index (Phi) is 5.85. The maximum atomic E-state index is 11.8. The maximum Gasteiger partial charge on any atom is 0.315 e. The van der Waals surface area contributed by atoms with Crippen LogP contribution in [-0.2, 0) is 10.3 Å². The van der Waals surface area contributed by atoms with E-state index in [1.165, 1.54) is 6.07 Å². The fourth-order valence-electron chi connectivity index (χ4n) is 2.00. The first-order valence-electron chi connectivity index (χ1n) is 6.76. The van der Waals surface area contributed by atoms with Crippen LogP contribution < -0.4 is 10.6 Å². The van der Waals surface area contributed by atoms with E-state index in [1.807, 2.05) is 0 Å². The van der Waals surface area contributed by atoms with Crippen molar-refractivity contribution in [2.45, 2.75) is 32.2 Å². The van der Waals surface area contributed by atoms with Crippen LogP contribution in [0.15, 0.2) is 24.3 Å². The van der Waals surface area contributed by atoms with Crippen molar-refractivity contribution >= 4 is 17.7 Å². The monoisotopic (exact) mass is 309 g/mol. The fraction of sp³-hybridized carbons (Fsp3) is 0.429. The first-order valence-corrected chi connectivity index (χ1v) is 6.76. The number of carboxylic acids is 1. The molecule has 1 aromatic carbocycles. The van der Waals surface area contributed by atoms with E-state index in [4.69, 9.17) is 5.11 Å². The number of carboxylic acid groups (broad SMARTS) is 1. The average Bonchev–Trinajstić information content (AvgIpc) is 2.43. The van der Waals surface area contributed by atoms with E-state index in [2.05, 4.69) is 10.6 Å². The van der Waals surface area contributed by atoms with Crippen molar-refractivity contribution < 1.29 is 19.6 Å². The van der Waals surface area contributed by atoms with Gasteiger partial charge in [-0.2, -0.15) is 0 Å². The summed E-state index contributed by atoms with van der Waals surface area (Å²) < 4.78 is 0. The van der Waals surface area contributed by atoms with Crippen molar-refractivity contribution in [2.75, 3.05) is 6.54 Å². The summed E-state index contributed by atoms with van der Waals surface area (Å²) in [4.78, 5) is 32.7. The topological polar surface area (TPSA) is 122 Å². The first-order chi connectivity index (χ1) is 10.2. The lowest BCUT2D eigenvalue weighted by atomic mass is 9.93. The molecule has 1 aromatic rings. The highest BCUT2D eigenvalue weighted by Crippen LogP contribution is 2.28. The van der Waals surface area contributed by atoms with Crippen LogP contribution >= 0.6 is 0 Å². The molecule has 120 valence electrons. The number of hydrogen-bond donors (Lipinski definition) is 3. The molecule has 0 aliphatic carbocycles. The van der Waals surface area contributed by atoms with Crippen molar-refractivity contribution in [3.8, 4) is 0 Å². The summed E-state index contributed by atoms with van der Waals surface area (Å²) in [5.41, 5.74) is -0.625. The first kappa shape index (κ1) is 17.4. The molecule has 0 atom stereocenters. The molecule has 8 nitrogen and oxygen atoms in total. The number of carbonyl (C=O) groups excluding carboxylic acids is 1. The van der Waals surface area contributed by atoms with Gasteiger partial charge < -0.3 is 15.7 Å². The molecular formula is C14H19N3O5. The fourth-order valence-corrected chi connectivity index (χ4v) is 2.00. The highest BCUT2D eigenvalue weighted by molar-refractivity contribution is 5.75. The number of nitro groups is 1. The van der Waals surface area contributed by atoms with Gasteiger partial charge in [-0.15, -0.1) is 0 Å². The molecule has 22 heavy (non-hydrogen) atoms. The van der Waals surface area contributed by atoms with Crippen LogP contribution in [0.1, 0.15) is 32.3 Å². The molecule has 0 aliphatic heterocycles. The smallest absolute Gasteiger partial charge is 0.315 e. The highest BCUT2D eigenvalue weighted by Gasteiger charge is 2.29. The summed E-state index contributed by atoms with van der Waals surface area (Å²) in [5.74, 6) is -0.928. The van der Waals surface area contributed by atoms with Crippen LogP contribution in [0.25, 0.3) is 0 Å². The predicted octanol–water partition coefficient (Wildman–Crippen LogP) is 1.99. The molecule has 0 aromatic heterocycles. The molecule has 0 radical (unpaired) electrons. The van der Waals surface area contributed by atoms with Crippen LogP contribution in [0, 0.1) is 10.1 Å². The van der Waals surface area contributed by atoms with Crippen molar-refractivity contribution in [3.05, 3.63) is 39.9 Å². The Morgan fingerprint density at radius 1 is 1.32 bits per heavy atom. The number of carbonyl (C=O) groups is 2. The van der Waals surface area contributed by atoms with Gasteiger partial charge in [0.1, 0.15) is 0 Å². The SMILES string of the molecule is CC(C)(NC(=O)NCCCC(=O)O)c1ccccc1[N+](=O)[O-]. The maximum absolute atomic E-state index is 11.8. The summed E-state index contributed by atoms with van der Waals surface area (Å²) in [6, 6.07) is 5.68. The van der Waals surface area contributed by atoms with Gasteiger partial charge in [-0.3, -0.25) is 14.9 Å². The molecule has 8 heteroatoms. The Morgan fingerprint density at radius 2 is 1.95 bits per heavy atom. The highest BCUT2D eigenvalue weighted by atomic mass is 16.6. The summed E-state index contributed by atoms with van der Waals surface area (Å²) in [6.07, 6.45) is 0.280. The zero-order chi connectivity index (χ0) is 16.8. The van der Waals surface area contributed by atoms with Gasteiger partial charge in [-0.05, 0) is 26.3 Å². The average molecular weight is 309 g/mol. The zero-order valence-electron chi connectivity index (χ0n) is 12.5. The molecule has 0 saturated heterocycles. The van der Waals surface area contributed by atoms with E-state index in [-0.39, 0.29) is 18.7 Å². The summed E-state index contributed by atoms with van der Waals surface area (Å²) in [7, 11) is 0. The molecule has 2 amide bonds. The second-order valence-electron chi connectivity index (χ2n) is 5.28. The van der Waals surface area contributed by atoms with E-state index in [0.29, 0.717) is 12.0 Å². The molecule has 0 fully saturated rings. The summed E-state index contributed by atoms with van der Waals surface area (Å²) in [5, 5.41) is 24.7. The summed E-state index contributed by atoms with van der Waals surface area (Å²) in [6.45, 7) is 3.53. The van der Waals surface area contributed by atoms with Gasteiger partial charge in [0.2, 0.25) is 0 Å². The summed E-state index contributed by atoms with van der Waals surface area (Å²) >= 11 is 0. The number of urea groups is 1. The normalized spacial score (nSPS) is 10.8. The second kappa shape index (κ2) is 7.39. The molecule has 1 rings (SSSR count). The number of nitrogens with zero attached hydrogens (tertiary/aromatic N) is 1. The second-order valence-corrected chi connectivity index (χ2v) is 5.28. The van der Waals surface area contributed by atoms with Crippen molar-refractivity contribution in [1.29, 1.82) is 0 Å². The van der Waals surface area contributed by atoms with E-state index in [9.17, 15) is 19.7 Å². The number of nitro benzene ring substituents is 1. The third-order valence-electron chi connectivity index (χ3n) is 3.05. The molecule has 0 heterocycles. The van der Waals surface area contributed by atoms with Crippen molar-refractivity contribution in [2.24, 2.45) is 0 Å². The molecule has 0 saturated carbocycles. The van der Waals surface area contributed by atoms with Gasteiger partial charge in [0.25, 0.3) is 5.69 Å². The van der Waals surface area contributed by atoms with Gasteiger partial charge in [0.05, 0.1) is 16.0 Å². The molecule has 0 aliphatic rings. The van der Waals surface area contributed by atoms with Crippen LogP contribution in [0.5, 0.6) is 0 Å². The van der Waals surface area contributed by atoms with Gasteiger partial charge >= 0.3 is 12.0 Å². The van der Waals surface area contributed by atoms with Crippen LogP contribution in [0.2, 0.25) is 0 Å². The quantitative estimate of drug-likeness (QED) is 0.404. The number of rotatable bonds is 7. The van der Waals surface area contributed by atoms with E-state index in [0.717, 1.165) is 0 Å². The number of aliphatic carboxylic acids is 1. The molecule has 0 bridgehead atoms. The number of hydrogen-bond acceptors (Lipinski definition) is 4.